The van der Waals surface area contributed by atoms with Crippen LogP contribution in [0.5, 0.6) is 0 Å². The molecule has 0 aliphatic heterocycles. The van der Waals surface area contributed by atoms with Crippen LogP contribution in [0.1, 0.15) is 5.56 Å². The van der Waals surface area contributed by atoms with E-state index in [4.69, 9.17) is 0 Å². The average Bonchev–Trinajstić information content (AvgIpc) is 3.09. The maximum Gasteiger partial charge on any atom is 0.248 e. The van der Waals surface area contributed by atoms with Crippen molar-refractivity contribution in [1.82, 2.24) is 25.2 Å². The third-order valence-electron chi connectivity index (χ3n) is 2.84. The molecule has 1 aromatic carbocycles. The molecule has 1 N–H and O–H groups in total. The number of hydrogen-bond donors (Lipinski definition) is 1. The van der Waals surface area contributed by atoms with Crippen LogP contribution in [-0.2, 0) is 4.79 Å². The number of nitrogens with zero attached hydrogens (tertiary/aromatic N) is 5. The van der Waals surface area contributed by atoms with Gasteiger partial charge in [0.1, 0.15) is 6.33 Å². The SMILES string of the molecule is O=C(/C=C/c1cccnc1)Nc1cccc(-n2cnnn2)c1. The molecular weight excluding hydrogens is 280 g/mol. The first-order valence-electron chi connectivity index (χ1n) is 6.54. The van der Waals surface area contributed by atoms with Crippen LogP contribution in [0.25, 0.3) is 11.8 Å². The fourth-order valence-corrected chi connectivity index (χ4v) is 1.84. The van der Waals surface area contributed by atoms with E-state index in [1.54, 1.807) is 30.6 Å². The Kier molecular flexibility index (Phi) is 3.96. The molecule has 7 nitrogen and oxygen atoms in total. The van der Waals surface area contributed by atoms with Gasteiger partial charge in [-0.05, 0) is 46.3 Å². The van der Waals surface area contributed by atoms with Gasteiger partial charge < -0.3 is 5.32 Å². The van der Waals surface area contributed by atoms with E-state index in [-0.39, 0.29) is 5.91 Å². The summed E-state index contributed by atoms with van der Waals surface area (Å²) in [6, 6.07) is 10.9. The van der Waals surface area contributed by atoms with E-state index in [1.807, 2.05) is 24.3 Å². The highest BCUT2D eigenvalue weighted by atomic mass is 16.1. The monoisotopic (exact) mass is 292 g/mol. The number of pyridine rings is 1. The first-order valence-corrected chi connectivity index (χ1v) is 6.54. The predicted octanol–water partition coefficient (Wildman–Crippen LogP) is 1.71. The zero-order chi connectivity index (χ0) is 15.2. The van der Waals surface area contributed by atoms with Crippen LogP contribution in [0.3, 0.4) is 0 Å². The molecule has 2 heterocycles. The van der Waals surface area contributed by atoms with Crippen LogP contribution in [0.4, 0.5) is 5.69 Å². The number of hydrogen-bond acceptors (Lipinski definition) is 5. The molecule has 3 rings (SSSR count). The number of benzene rings is 1. The third-order valence-corrected chi connectivity index (χ3v) is 2.84. The van der Waals surface area contributed by atoms with Gasteiger partial charge in [-0.1, -0.05) is 12.1 Å². The zero-order valence-electron chi connectivity index (χ0n) is 11.5. The van der Waals surface area contributed by atoms with E-state index < -0.39 is 0 Å². The lowest BCUT2D eigenvalue weighted by molar-refractivity contribution is -0.111. The molecule has 3 aromatic rings. The van der Waals surface area contributed by atoms with Gasteiger partial charge in [0, 0.05) is 24.2 Å². The van der Waals surface area contributed by atoms with E-state index in [0.717, 1.165) is 11.3 Å². The Morgan fingerprint density at radius 2 is 2.18 bits per heavy atom. The molecule has 0 bridgehead atoms. The summed E-state index contributed by atoms with van der Waals surface area (Å²) < 4.78 is 1.52. The van der Waals surface area contributed by atoms with E-state index in [0.29, 0.717) is 5.69 Å². The van der Waals surface area contributed by atoms with Crippen LogP contribution in [-0.4, -0.2) is 31.1 Å². The smallest absolute Gasteiger partial charge is 0.248 e. The van der Waals surface area contributed by atoms with Crippen molar-refractivity contribution in [2.45, 2.75) is 0 Å². The summed E-state index contributed by atoms with van der Waals surface area (Å²) in [6.07, 6.45) is 8.02. The predicted molar refractivity (Wildman–Crippen MR) is 81.1 cm³/mol. The lowest BCUT2D eigenvalue weighted by atomic mass is 10.2. The van der Waals surface area contributed by atoms with Crippen molar-refractivity contribution in [3.05, 3.63) is 66.8 Å². The van der Waals surface area contributed by atoms with Crippen molar-refractivity contribution in [1.29, 1.82) is 0 Å². The molecule has 2 aromatic heterocycles. The quantitative estimate of drug-likeness (QED) is 0.740. The minimum absolute atomic E-state index is 0.224. The summed E-state index contributed by atoms with van der Waals surface area (Å²) >= 11 is 0. The number of aromatic nitrogens is 5. The van der Waals surface area contributed by atoms with Gasteiger partial charge in [-0.2, -0.15) is 0 Å². The average molecular weight is 292 g/mol. The van der Waals surface area contributed by atoms with Gasteiger partial charge in [0.05, 0.1) is 5.69 Å². The Morgan fingerprint density at radius 3 is 2.95 bits per heavy atom. The van der Waals surface area contributed by atoms with E-state index >= 15 is 0 Å². The van der Waals surface area contributed by atoms with Crippen molar-refractivity contribution in [2.75, 3.05) is 5.32 Å². The van der Waals surface area contributed by atoms with E-state index in [1.165, 1.54) is 17.1 Å². The number of carbonyl (C=O) groups is 1. The molecule has 0 fully saturated rings. The van der Waals surface area contributed by atoms with Crippen molar-refractivity contribution in [3.63, 3.8) is 0 Å². The maximum absolute atomic E-state index is 11.9. The van der Waals surface area contributed by atoms with Crippen molar-refractivity contribution in [3.8, 4) is 5.69 Å². The number of carbonyl (C=O) groups excluding carboxylic acids is 1. The van der Waals surface area contributed by atoms with E-state index in [9.17, 15) is 4.79 Å². The van der Waals surface area contributed by atoms with Gasteiger partial charge in [-0.15, -0.1) is 5.10 Å². The number of nitrogens with one attached hydrogen (secondary N) is 1. The highest BCUT2D eigenvalue weighted by Gasteiger charge is 2.02. The van der Waals surface area contributed by atoms with Gasteiger partial charge in [0.25, 0.3) is 0 Å². The largest absolute Gasteiger partial charge is 0.322 e. The summed E-state index contributed by atoms with van der Waals surface area (Å²) in [6.45, 7) is 0. The lowest BCUT2D eigenvalue weighted by Crippen LogP contribution is -2.08. The van der Waals surface area contributed by atoms with Crippen LogP contribution in [0.15, 0.2) is 61.2 Å². The molecule has 1 amide bonds. The summed E-state index contributed by atoms with van der Waals surface area (Å²) in [7, 11) is 0. The molecule has 7 heteroatoms. The normalized spacial score (nSPS) is 10.7. The molecule has 0 aliphatic rings. The molecule has 108 valence electrons. The fraction of sp³-hybridized carbons (Fsp3) is 0. The molecule has 0 spiro atoms. The number of tetrazole rings is 1. The lowest BCUT2D eigenvalue weighted by Gasteiger charge is -2.04. The molecule has 0 saturated carbocycles. The maximum atomic E-state index is 11.9. The highest BCUT2D eigenvalue weighted by molar-refractivity contribution is 6.02. The van der Waals surface area contributed by atoms with Gasteiger partial charge in [0.2, 0.25) is 5.91 Å². The zero-order valence-corrected chi connectivity index (χ0v) is 11.5. The van der Waals surface area contributed by atoms with Crippen molar-refractivity contribution in [2.24, 2.45) is 0 Å². The van der Waals surface area contributed by atoms with Gasteiger partial charge >= 0.3 is 0 Å². The summed E-state index contributed by atoms with van der Waals surface area (Å²) in [4.78, 5) is 15.9. The number of anilines is 1. The standard InChI is InChI=1S/C15H12N6O/c22-15(7-6-12-3-2-8-16-10-12)18-13-4-1-5-14(9-13)21-11-17-19-20-21/h1-11H,(H,18,22)/b7-6+. The molecular formula is C15H12N6O. The molecule has 0 atom stereocenters. The number of amides is 1. The topological polar surface area (TPSA) is 85.6 Å². The summed E-state index contributed by atoms with van der Waals surface area (Å²) in [5, 5.41) is 13.8. The Morgan fingerprint density at radius 1 is 1.23 bits per heavy atom. The second-order valence-electron chi connectivity index (χ2n) is 4.41. The van der Waals surface area contributed by atoms with E-state index in [2.05, 4.69) is 25.8 Å². The first-order chi connectivity index (χ1) is 10.8. The molecule has 22 heavy (non-hydrogen) atoms. The second kappa shape index (κ2) is 6.40. The van der Waals surface area contributed by atoms with Gasteiger partial charge in [0.15, 0.2) is 0 Å². The summed E-state index contributed by atoms with van der Waals surface area (Å²) in [5.74, 6) is -0.224. The third kappa shape index (κ3) is 3.40. The Bertz CT molecular complexity index is 783. The van der Waals surface area contributed by atoms with Crippen LogP contribution >= 0.6 is 0 Å². The van der Waals surface area contributed by atoms with Crippen LogP contribution in [0.2, 0.25) is 0 Å². The molecule has 0 saturated heterocycles. The minimum atomic E-state index is -0.224. The Hall–Kier alpha value is -3.35. The number of rotatable bonds is 4. The van der Waals surface area contributed by atoms with Crippen LogP contribution in [0, 0.1) is 0 Å². The van der Waals surface area contributed by atoms with Crippen molar-refractivity contribution >= 4 is 17.7 Å². The Labute approximate surface area is 126 Å². The first kappa shape index (κ1) is 13.6. The summed E-state index contributed by atoms with van der Waals surface area (Å²) in [5.41, 5.74) is 2.29. The van der Waals surface area contributed by atoms with Crippen molar-refractivity contribution < 1.29 is 4.79 Å². The van der Waals surface area contributed by atoms with Gasteiger partial charge in [-0.25, -0.2) is 4.68 Å². The van der Waals surface area contributed by atoms with Gasteiger partial charge in [-0.3, -0.25) is 9.78 Å². The molecule has 0 aliphatic carbocycles. The second-order valence-corrected chi connectivity index (χ2v) is 4.41. The molecule has 0 radical (unpaired) electrons. The minimum Gasteiger partial charge on any atom is -0.322 e. The van der Waals surface area contributed by atoms with Crippen LogP contribution < -0.4 is 5.32 Å². The molecule has 0 unspecified atom stereocenters. The fourth-order valence-electron chi connectivity index (χ4n) is 1.84. The Balaban J connectivity index is 1.69. The highest BCUT2D eigenvalue weighted by Crippen LogP contribution is 2.13.